The van der Waals surface area contributed by atoms with E-state index >= 15 is 0 Å². The van der Waals surface area contributed by atoms with Crippen LogP contribution in [0.1, 0.15) is 16.7 Å². The lowest BCUT2D eigenvalue weighted by Crippen LogP contribution is -2.09. The molecule has 0 saturated carbocycles. The van der Waals surface area contributed by atoms with E-state index in [1.165, 1.54) is 30.5 Å². The van der Waals surface area contributed by atoms with E-state index in [1.807, 2.05) is 6.92 Å². The van der Waals surface area contributed by atoms with Gasteiger partial charge in [-0.2, -0.15) is 13.2 Å². The predicted octanol–water partition coefficient (Wildman–Crippen LogP) is 4.06. The van der Waals surface area contributed by atoms with Crippen molar-refractivity contribution in [1.82, 2.24) is 4.98 Å². The van der Waals surface area contributed by atoms with E-state index in [4.69, 9.17) is 0 Å². The van der Waals surface area contributed by atoms with E-state index in [1.54, 1.807) is 12.3 Å². The summed E-state index contributed by atoms with van der Waals surface area (Å²) < 4.78 is 37.3. The summed E-state index contributed by atoms with van der Waals surface area (Å²) in [5.74, 6) is -0.379. The number of carbonyl (C=O) groups excluding carboxylic acids is 1. The molecule has 6 heteroatoms. The Hall–Kier alpha value is -2.63. The molecule has 114 valence electrons. The summed E-state index contributed by atoms with van der Waals surface area (Å²) in [6.45, 7) is 1.83. The summed E-state index contributed by atoms with van der Waals surface area (Å²) in [7, 11) is 0. The maximum Gasteiger partial charge on any atom is 0.416 e. The molecule has 1 N–H and O–H groups in total. The molecule has 0 radical (unpaired) electrons. The molecule has 0 saturated heterocycles. The molecule has 0 fully saturated rings. The summed E-state index contributed by atoms with van der Waals surface area (Å²) >= 11 is 0. The molecule has 1 aromatic carbocycles. The number of benzene rings is 1. The molecule has 2 aromatic rings. The molecule has 0 bridgehead atoms. The van der Waals surface area contributed by atoms with Crippen LogP contribution in [0, 0.1) is 6.92 Å². The van der Waals surface area contributed by atoms with E-state index in [0.29, 0.717) is 11.3 Å². The van der Waals surface area contributed by atoms with Crippen LogP contribution in [0.5, 0.6) is 0 Å². The molecule has 0 atom stereocenters. The Morgan fingerprint density at radius 1 is 1.18 bits per heavy atom. The van der Waals surface area contributed by atoms with Crippen molar-refractivity contribution in [3.63, 3.8) is 0 Å². The van der Waals surface area contributed by atoms with Gasteiger partial charge in [-0.3, -0.25) is 9.78 Å². The third kappa shape index (κ3) is 4.18. The minimum Gasteiger partial charge on any atom is -0.321 e. The summed E-state index contributed by atoms with van der Waals surface area (Å²) in [5.41, 5.74) is 1.24. The number of alkyl halides is 3. The second kappa shape index (κ2) is 6.43. The zero-order valence-corrected chi connectivity index (χ0v) is 11.7. The number of aromatic nitrogens is 1. The van der Waals surface area contributed by atoms with E-state index in [0.717, 1.165) is 17.7 Å². The molecule has 1 aromatic heterocycles. The van der Waals surface area contributed by atoms with Gasteiger partial charge >= 0.3 is 6.18 Å². The average molecular weight is 306 g/mol. The number of amides is 1. The van der Waals surface area contributed by atoms with E-state index in [2.05, 4.69) is 10.3 Å². The molecule has 3 nitrogen and oxygen atoms in total. The molecular weight excluding hydrogens is 293 g/mol. The van der Waals surface area contributed by atoms with Crippen LogP contribution < -0.4 is 5.32 Å². The Morgan fingerprint density at radius 2 is 1.86 bits per heavy atom. The topological polar surface area (TPSA) is 42.0 Å². The fourth-order valence-corrected chi connectivity index (χ4v) is 1.72. The Balaban J connectivity index is 2.02. The minimum absolute atomic E-state index is 0.379. The minimum atomic E-state index is -4.36. The number of nitrogens with one attached hydrogen (secondary N) is 1. The molecule has 22 heavy (non-hydrogen) atoms. The highest BCUT2D eigenvalue weighted by atomic mass is 19.4. The summed E-state index contributed by atoms with van der Waals surface area (Å²) in [6.07, 6.45) is 1.48. The first-order valence-electron chi connectivity index (χ1n) is 6.43. The van der Waals surface area contributed by atoms with E-state index < -0.39 is 11.7 Å². The number of hydrogen-bond donors (Lipinski definition) is 1. The van der Waals surface area contributed by atoms with Crippen molar-refractivity contribution < 1.29 is 18.0 Å². The Labute approximate surface area is 125 Å². The standard InChI is InChI=1S/C16H13F3N2O/c1-11-8-9-20-10-14(11)21-15(22)7-4-12-2-5-13(6-3-12)16(17,18)19/h2-10H,1H3,(H,21,22)/b7-4+. The second-order valence-electron chi connectivity index (χ2n) is 4.63. The molecule has 0 aliphatic heterocycles. The number of aryl methyl sites for hydroxylation is 1. The highest BCUT2D eigenvalue weighted by Crippen LogP contribution is 2.29. The first-order chi connectivity index (χ1) is 10.4. The van der Waals surface area contributed by atoms with Gasteiger partial charge < -0.3 is 5.32 Å². The van der Waals surface area contributed by atoms with Crippen molar-refractivity contribution in [2.75, 3.05) is 5.32 Å². The van der Waals surface area contributed by atoms with E-state index in [-0.39, 0.29) is 5.91 Å². The first-order valence-corrected chi connectivity index (χ1v) is 6.43. The van der Waals surface area contributed by atoms with Crippen molar-refractivity contribution in [2.24, 2.45) is 0 Å². The van der Waals surface area contributed by atoms with Gasteiger partial charge in [0.25, 0.3) is 0 Å². The van der Waals surface area contributed by atoms with Gasteiger partial charge in [0, 0.05) is 12.3 Å². The lowest BCUT2D eigenvalue weighted by atomic mass is 10.1. The summed E-state index contributed by atoms with van der Waals surface area (Å²) in [4.78, 5) is 15.7. The fourth-order valence-electron chi connectivity index (χ4n) is 1.72. The number of anilines is 1. The van der Waals surface area contributed by atoms with Gasteiger partial charge in [-0.05, 0) is 42.3 Å². The normalized spacial score (nSPS) is 11.6. The van der Waals surface area contributed by atoms with Crippen LogP contribution in [-0.4, -0.2) is 10.9 Å². The van der Waals surface area contributed by atoms with Crippen LogP contribution in [0.15, 0.2) is 48.8 Å². The fraction of sp³-hybridized carbons (Fsp3) is 0.125. The van der Waals surface area contributed by atoms with Gasteiger partial charge in [-0.15, -0.1) is 0 Å². The SMILES string of the molecule is Cc1ccncc1NC(=O)/C=C/c1ccc(C(F)(F)F)cc1. The smallest absolute Gasteiger partial charge is 0.321 e. The maximum atomic E-state index is 12.4. The molecular formula is C16H13F3N2O. The van der Waals surface area contributed by atoms with Crippen molar-refractivity contribution in [2.45, 2.75) is 13.1 Å². The predicted molar refractivity (Wildman–Crippen MR) is 78.1 cm³/mol. The summed E-state index contributed by atoms with van der Waals surface area (Å²) in [6, 6.07) is 6.32. The van der Waals surface area contributed by atoms with Crippen LogP contribution in [0.4, 0.5) is 18.9 Å². The highest BCUT2D eigenvalue weighted by Gasteiger charge is 2.29. The van der Waals surface area contributed by atoms with Gasteiger partial charge in [-0.1, -0.05) is 12.1 Å². The van der Waals surface area contributed by atoms with Crippen LogP contribution >= 0.6 is 0 Å². The van der Waals surface area contributed by atoms with Crippen LogP contribution in [0.3, 0.4) is 0 Å². The van der Waals surface area contributed by atoms with Gasteiger partial charge in [0.1, 0.15) is 0 Å². The van der Waals surface area contributed by atoms with Gasteiger partial charge in [0.05, 0.1) is 17.4 Å². The van der Waals surface area contributed by atoms with Gasteiger partial charge in [-0.25, -0.2) is 0 Å². The summed E-state index contributed by atoms with van der Waals surface area (Å²) in [5, 5.41) is 2.65. The molecule has 2 rings (SSSR count). The number of hydrogen-bond acceptors (Lipinski definition) is 2. The van der Waals surface area contributed by atoms with Crippen LogP contribution in [-0.2, 0) is 11.0 Å². The lowest BCUT2D eigenvalue weighted by Gasteiger charge is -2.06. The maximum absolute atomic E-state index is 12.4. The average Bonchev–Trinajstić information content (AvgIpc) is 2.47. The van der Waals surface area contributed by atoms with E-state index in [9.17, 15) is 18.0 Å². The Bertz CT molecular complexity index is 691. The van der Waals surface area contributed by atoms with Crippen LogP contribution in [0.25, 0.3) is 6.08 Å². The van der Waals surface area contributed by atoms with Crippen molar-refractivity contribution >= 4 is 17.7 Å². The monoisotopic (exact) mass is 306 g/mol. The third-order valence-corrected chi connectivity index (χ3v) is 2.96. The largest absolute Gasteiger partial charge is 0.416 e. The second-order valence-corrected chi connectivity index (χ2v) is 4.63. The number of carbonyl (C=O) groups is 1. The lowest BCUT2D eigenvalue weighted by molar-refractivity contribution is -0.137. The number of pyridine rings is 1. The Morgan fingerprint density at radius 3 is 2.45 bits per heavy atom. The number of nitrogens with zero attached hydrogens (tertiary/aromatic N) is 1. The number of halogens is 3. The molecule has 0 spiro atoms. The van der Waals surface area contributed by atoms with Crippen molar-refractivity contribution in [1.29, 1.82) is 0 Å². The Kier molecular flexibility index (Phi) is 4.60. The molecule has 0 unspecified atom stereocenters. The molecule has 0 aliphatic rings. The van der Waals surface area contributed by atoms with Gasteiger partial charge in [0.2, 0.25) is 5.91 Å². The molecule has 1 heterocycles. The quantitative estimate of drug-likeness (QED) is 0.869. The third-order valence-electron chi connectivity index (χ3n) is 2.96. The van der Waals surface area contributed by atoms with Crippen molar-refractivity contribution in [3.8, 4) is 0 Å². The highest BCUT2D eigenvalue weighted by molar-refractivity contribution is 6.02. The first kappa shape index (κ1) is 15.8. The number of rotatable bonds is 3. The molecule has 0 aliphatic carbocycles. The van der Waals surface area contributed by atoms with Crippen LogP contribution in [0.2, 0.25) is 0 Å². The zero-order valence-electron chi connectivity index (χ0n) is 11.7. The van der Waals surface area contributed by atoms with Crippen molar-refractivity contribution in [3.05, 3.63) is 65.5 Å². The molecule has 1 amide bonds. The van der Waals surface area contributed by atoms with Gasteiger partial charge in [0.15, 0.2) is 0 Å². The zero-order chi connectivity index (χ0) is 16.2.